The van der Waals surface area contributed by atoms with E-state index in [9.17, 15) is 14.0 Å². The van der Waals surface area contributed by atoms with Crippen LogP contribution in [0.25, 0.3) is 0 Å². The fourth-order valence-corrected chi connectivity index (χ4v) is 3.96. The quantitative estimate of drug-likeness (QED) is 0.708. The molecule has 7 heteroatoms. The molecule has 2 amide bonds. The van der Waals surface area contributed by atoms with E-state index in [4.69, 9.17) is 4.74 Å². The summed E-state index contributed by atoms with van der Waals surface area (Å²) in [4.78, 5) is 28.5. The van der Waals surface area contributed by atoms with Crippen LogP contribution in [0.1, 0.15) is 40.7 Å². The number of urea groups is 1. The lowest BCUT2D eigenvalue weighted by Gasteiger charge is -2.33. The highest BCUT2D eigenvalue weighted by Gasteiger charge is 2.26. The Hall–Kier alpha value is -3.09. The first-order chi connectivity index (χ1) is 14.6. The normalized spacial score (nSPS) is 15.3. The molecule has 2 aromatic rings. The van der Waals surface area contributed by atoms with E-state index in [1.807, 2.05) is 23.1 Å². The summed E-state index contributed by atoms with van der Waals surface area (Å²) < 4.78 is 25.0. The number of benzene rings is 2. The summed E-state index contributed by atoms with van der Waals surface area (Å²) in [6.45, 7) is 2.10. The average Bonchev–Trinajstić information content (AvgIpc) is 3.25. The first kappa shape index (κ1) is 20.2. The number of hydrogen-bond donors (Lipinski definition) is 0. The van der Waals surface area contributed by atoms with Crippen molar-refractivity contribution in [1.29, 1.82) is 0 Å². The zero-order valence-corrected chi connectivity index (χ0v) is 17.0. The van der Waals surface area contributed by atoms with Crippen LogP contribution in [0.4, 0.5) is 14.9 Å². The van der Waals surface area contributed by atoms with E-state index in [1.165, 1.54) is 19.2 Å². The highest BCUT2D eigenvalue weighted by molar-refractivity contribution is 5.92. The van der Waals surface area contributed by atoms with Gasteiger partial charge in [-0.1, -0.05) is 6.07 Å². The monoisotopic (exact) mass is 412 g/mol. The van der Waals surface area contributed by atoms with E-state index in [0.29, 0.717) is 30.9 Å². The lowest BCUT2D eigenvalue weighted by atomic mass is 10.1. The van der Waals surface area contributed by atoms with Gasteiger partial charge in [0, 0.05) is 30.8 Å². The number of ether oxygens (including phenoxy) is 2. The Morgan fingerprint density at radius 2 is 1.93 bits per heavy atom. The summed E-state index contributed by atoms with van der Waals surface area (Å²) in [6, 6.07) is 9.73. The zero-order chi connectivity index (χ0) is 21.1. The van der Waals surface area contributed by atoms with Gasteiger partial charge in [-0.25, -0.2) is 14.0 Å². The largest absolute Gasteiger partial charge is 0.493 e. The molecular formula is C23H25FN2O4. The van der Waals surface area contributed by atoms with Gasteiger partial charge >= 0.3 is 12.0 Å². The fraction of sp³-hybridized carbons (Fsp3) is 0.391. The van der Waals surface area contributed by atoms with Gasteiger partial charge in [0.1, 0.15) is 11.6 Å². The molecule has 0 spiro atoms. The number of nitrogens with zero attached hydrogens (tertiary/aromatic N) is 2. The van der Waals surface area contributed by atoms with E-state index < -0.39 is 11.8 Å². The van der Waals surface area contributed by atoms with Crippen LogP contribution >= 0.6 is 0 Å². The van der Waals surface area contributed by atoms with Crippen LogP contribution in [0.15, 0.2) is 36.4 Å². The first-order valence-electron chi connectivity index (χ1n) is 10.3. The summed E-state index contributed by atoms with van der Waals surface area (Å²) in [7, 11) is 1.25. The Labute approximate surface area is 175 Å². The number of anilines is 1. The second-order valence-electron chi connectivity index (χ2n) is 7.60. The Kier molecular flexibility index (Phi) is 5.88. The Morgan fingerprint density at radius 1 is 1.13 bits per heavy atom. The van der Waals surface area contributed by atoms with E-state index in [0.717, 1.165) is 43.1 Å². The van der Waals surface area contributed by atoms with Crippen LogP contribution in [-0.4, -0.2) is 43.7 Å². The van der Waals surface area contributed by atoms with Gasteiger partial charge in [0.05, 0.1) is 25.8 Å². The Bertz CT molecular complexity index is 956. The summed E-state index contributed by atoms with van der Waals surface area (Å²) in [5.74, 6) is -0.308. The first-order valence-corrected chi connectivity index (χ1v) is 10.3. The molecule has 0 aromatic heterocycles. The molecule has 158 valence electrons. The van der Waals surface area contributed by atoms with Crippen molar-refractivity contribution in [3.63, 3.8) is 0 Å². The highest BCUT2D eigenvalue weighted by Crippen LogP contribution is 2.31. The van der Waals surface area contributed by atoms with Crippen molar-refractivity contribution in [2.75, 3.05) is 31.7 Å². The number of carbonyl (C=O) groups is 2. The van der Waals surface area contributed by atoms with Crippen LogP contribution in [0.5, 0.6) is 5.75 Å². The number of hydrogen-bond acceptors (Lipinski definition) is 4. The maximum Gasteiger partial charge on any atom is 0.337 e. The fourth-order valence-electron chi connectivity index (χ4n) is 3.96. The number of amides is 2. The number of rotatable bonds is 4. The highest BCUT2D eigenvalue weighted by atomic mass is 19.1. The molecule has 1 fully saturated rings. The number of esters is 1. The number of fused-ring (bicyclic) bond motifs is 1. The Balaban J connectivity index is 1.65. The van der Waals surface area contributed by atoms with Gasteiger partial charge in [-0.15, -0.1) is 0 Å². The number of halogens is 1. The average molecular weight is 412 g/mol. The molecule has 30 heavy (non-hydrogen) atoms. The summed E-state index contributed by atoms with van der Waals surface area (Å²) >= 11 is 0. The van der Waals surface area contributed by atoms with Crippen molar-refractivity contribution in [3.05, 3.63) is 58.9 Å². The smallest absolute Gasteiger partial charge is 0.337 e. The molecule has 0 bridgehead atoms. The van der Waals surface area contributed by atoms with Gasteiger partial charge in [0.2, 0.25) is 0 Å². The van der Waals surface area contributed by atoms with Crippen molar-refractivity contribution >= 4 is 17.7 Å². The second kappa shape index (κ2) is 8.73. The van der Waals surface area contributed by atoms with Crippen molar-refractivity contribution in [2.45, 2.75) is 32.2 Å². The van der Waals surface area contributed by atoms with Crippen LogP contribution < -0.4 is 9.64 Å². The molecule has 2 aliphatic rings. The molecule has 0 saturated carbocycles. The molecule has 0 atom stereocenters. The minimum absolute atomic E-state index is 0.0717. The lowest BCUT2D eigenvalue weighted by molar-refractivity contribution is 0.0600. The molecule has 2 aromatic carbocycles. The Morgan fingerprint density at radius 3 is 2.67 bits per heavy atom. The molecule has 4 rings (SSSR count). The number of piperidine rings is 1. The summed E-state index contributed by atoms with van der Waals surface area (Å²) in [5.41, 5.74) is 2.24. The summed E-state index contributed by atoms with van der Waals surface area (Å²) in [5, 5.41) is 0. The van der Waals surface area contributed by atoms with Crippen molar-refractivity contribution in [2.24, 2.45) is 0 Å². The number of methoxy groups -OCH3 is 1. The lowest BCUT2D eigenvalue weighted by Crippen LogP contribution is -2.45. The van der Waals surface area contributed by atoms with Crippen LogP contribution in [0, 0.1) is 5.82 Å². The van der Waals surface area contributed by atoms with Gasteiger partial charge < -0.3 is 14.4 Å². The third kappa shape index (κ3) is 4.10. The number of carbonyl (C=O) groups excluding carboxylic acids is 2. The van der Waals surface area contributed by atoms with E-state index >= 15 is 0 Å². The van der Waals surface area contributed by atoms with Crippen LogP contribution in [0.3, 0.4) is 0 Å². The van der Waals surface area contributed by atoms with E-state index in [1.54, 1.807) is 4.90 Å². The second-order valence-corrected chi connectivity index (χ2v) is 7.60. The predicted molar refractivity (Wildman–Crippen MR) is 110 cm³/mol. The number of likely N-dealkylation sites (tertiary alicyclic amines) is 1. The molecule has 0 aliphatic carbocycles. The van der Waals surface area contributed by atoms with E-state index in [2.05, 4.69) is 4.74 Å². The van der Waals surface area contributed by atoms with Gasteiger partial charge in [0.15, 0.2) is 0 Å². The van der Waals surface area contributed by atoms with Crippen molar-refractivity contribution in [1.82, 2.24) is 4.90 Å². The summed E-state index contributed by atoms with van der Waals surface area (Å²) in [6.07, 6.45) is 3.85. The third-order valence-electron chi connectivity index (χ3n) is 5.64. The SMILES string of the molecule is COC(=O)c1ccc(CN(C(=O)N2CCCCC2)c2ccc3c(c2)CCO3)c(F)c1. The molecule has 0 N–H and O–H groups in total. The van der Waals surface area contributed by atoms with E-state index in [-0.39, 0.29) is 18.1 Å². The third-order valence-corrected chi connectivity index (χ3v) is 5.64. The molecule has 0 radical (unpaired) electrons. The molecule has 6 nitrogen and oxygen atoms in total. The van der Waals surface area contributed by atoms with Crippen LogP contribution in [0.2, 0.25) is 0 Å². The predicted octanol–water partition coefficient (Wildman–Crippen LogP) is 4.16. The van der Waals surface area contributed by atoms with Crippen molar-refractivity contribution in [3.8, 4) is 5.75 Å². The van der Waals surface area contributed by atoms with Gasteiger partial charge in [0.25, 0.3) is 0 Å². The van der Waals surface area contributed by atoms with Gasteiger partial charge in [-0.3, -0.25) is 4.90 Å². The van der Waals surface area contributed by atoms with Gasteiger partial charge in [-0.05, 0) is 55.2 Å². The molecule has 2 aliphatic heterocycles. The molecule has 0 unspecified atom stereocenters. The van der Waals surface area contributed by atoms with Gasteiger partial charge in [-0.2, -0.15) is 0 Å². The minimum atomic E-state index is -0.597. The standard InChI is InChI=1S/C23H25FN2O4/c1-29-22(27)17-5-6-18(20(24)14-17)15-26(23(28)25-10-3-2-4-11-25)19-7-8-21-16(13-19)9-12-30-21/h5-8,13-14H,2-4,9-12,15H2,1H3. The maximum absolute atomic E-state index is 14.8. The zero-order valence-electron chi connectivity index (χ0n) is 17.0. The minimum Gasteiger partial charge on any atom is -0.493 e. The molecular weight excluding hydrogens is 387 g/mol. The molecule has 1 saturated heterocycles. The maximum atomic E-state index is 14.8. The topological polar surface area (TPSA) is 59.1 Å². The van der Waals surface area contributed by atoms with Crippen molar-refractivity contribution < 1.29 is 23.5 Å². The van der Waals surface area contributed by atoms with Crippen LogP contribution in [-0.2, 0) is 17.7 Å². The molecule has 2 heterocycles.